The largest absolute Gasteiger partial charge is 0.497 e. The topological polar surface area (TPSA) is 55.8 Å². The molecule has 124 valence electrons. The molecule has 0 bridgehead atoms. The summed E-state index contributed by atoms with van der Waals surface area (Å²) in [5.41, 5.74) is 1.89. The number of rotatable bonds is 5. The number of hydrogen-bond donors (Lipinski definition) is 0. The van der Waals surface area contributed by atoms with Crippen molar-refractivity contribution in [1.29, 1.82) is 0 Å². The number of methoxy groups -OCH3 is 1. The Morgan fingerprint density at radius 3 is 2.75 bits per heavy atom. The lowest BCUT2D eigenvalue weighted by molar-refractivity contribution is -0.129. The lowest BCUT2D eigenvalue weighted by atomic mass is 10.1. The molecule has 0 spiro atoms. The van der Waals surface area contributed by atoms with Gasteiger partial charge in [0, 0.05) is 6.42 Å². The van der Waals surface area contributed by atoms with E-state index in [2.05, 4.69) is 0 Å². The van der Waals surface area contributed by atoms with Crippen molar-refractivity contribution < 1.29 is 19.1 Å². The van der Waals surface area contributed by atoms with Gasteiger partial charge in [0.25, 0.3) is 0 Å². The van der Waals surface area contributed by atoms with Crippen LogP contribution in [-0.4, -0.2) is 30.6 Å². The molecule has 1 atom stereocenters. The van der Waals surface area contributed by atoms with E-state index in [0.717, 1.165) is 16.9 Å². The highest BCUT2D eigenvalue weighted by atomic mass is 16.6. The summed E-state index contributed by atoms with van der Waals surface area (Å²) in [4.78, 5) is 25.8. The highest BCUT2D eigenvalue weighted by Gasteiger charge is 2.38. The van der Waals surface area contributed by atoms with E-state index in [4.69, 9.17) is 9.47 Å². The van der Waals surface area contributed by atoms with Crippen molar-refractivity contribution in [2.75, 3.05) is 13.7 Å². The van der Waals surface area contributed by atoms with E-state index in [9.17, 15) is 9.59 Å². The quantitative estimate of drug-likeness (QED) is 0.846. The van der Waals surface area contributed by atoms with Gasteiger partial charge >= 0.3 is 6.09 Å². The number of hydrogen-bond acceptors (Lipinski definition) is 4. The fourth-order valence-electron chi connectivity index (χ4n) is 2.82. The predicted molar refractivity (Wildman–Crippen MR) is 88.7 cm³/mol. The molecule has 5 heteroatoms. The molecule has 2 aromatic rings. The number of ether oxygens (including phenoxy) is 2. The predicted octanol–water partition coefficient (Wildman–Crippen LogP) is 3.35. The molecule has 0 aliphatic carbocycles. The van der Waals surface area contributed by atoms with Crippen molar-refractivity contribution in [3.8, 4) is 5.75 Å². The summed E-state index contributed by atoms with van der Waals surface area (Å²) < 4.78 is 10.3. The summed E-state index contributed by atoms with van der Waals surface area (Å²) >= 11 is 0. The van der Waals surface area contributed by atoms with Crippen LogP contribution in [0.5, 0.6) is 5.75 Å². The van der Waals surface area contributed by atoms with E-state index < -0.39 is 6.09 Å². The van der Waals surface area contributed by atoms with E-state index in [1.54, 1.807) is 7.11 Å². The second-order valence-corrected chi connectivity index (χ2v) is 5.62. The van der Waals surface area contributed by atoms with Crippen LogP contribution in [-0.2, 0) is 16.0 Å². The van der Waals surface area contributed by atoms with Gasteiger partial charge in [0.05, 0.1) is 7.11 Å². The van der Waals surface area contributed by atoms with Crippen LogP contribution in [0.2, 0.25) is 0 Å². The van der Waals surface area contributed by atoms with Gasteiger partial charge in [0.1, 0.15) is 18.4 Å². The van der Waals surface area contributed by atoms with Gasteiger partial charge in [-0.15, -0.1) is 0 Å². The van der Waals surface area contributed by atoms with Gasteiger partial charge in [-0.1, -0.05) is 42.5 Å². The number of carbonyl (C=O) groups excluding carboxylic acids is 2. The van der Waals surface area contributed by atoms with E-state index in [-0.39, 0.29) is 25.0 Å². The first-order valence-corrected chi connectivity index (χ1v) is 7.85. The van der Waals surface area contributed by atoms with Gasteiger partial charge in [-0.3, -0.25) is 4.79 Å². The first-order chi connectivity index (χ1) is 11.7. The molecule has 24 heavy (non-hydrogen) atoms. The van der Waals surface area contributed by atoms with Gasteiger partial charge in [0.15, 0.2) is 0 Å². The third-order valence-electron chi connectivity index (χ3n) is 4.09. The summed E-state index contributed by atoms with van der Waals surface area (Å²) in [5.74, 6) is 0.525. The molecule has 2 amide bonds. The molecule has 1 unspecified atom stereocenters. The first-order valence-electron chi connectivity index (χ1n) is 7.85. The molecule has 2 aromatic carbocycles. The third kappa shape index (κ3) is 3.40. The molecule has 5 nitrogen and oxygen atoms in total. The number of benzene rings is 2. The molecule has 0 aromatic heterocycles. The van der Waals surface area contributed by atoms with Crippen molar-refractivity contribution in [1.82, 2.24) is 4.90 Å². The monoisotopic (exact) mass is 325 g/mol. The summed E-state index contributed by atoms with van der Waals surface area (Å²) in [7, 11) is 1.61. The Balaban J connectivity index is 1.69. The van der Waals surface area contributed by atoms with E-state index in [1.165, 1.54) is 4.90 Å². The summed E-state index contributed by atoms with van der Waals surface area (Å²) in [6.07, 6.45) is 0.215. The molecule has 3 rings (SSSR count). The second kappa shape index (κ2) is 7.17. The summed E-state index contributed by atoms with van der Waals surface area (Å²) in [6.45, 7) is 0.202. The third-order valence-corrected chi connectivity index (χ3v) is 4.09. The minimum atomic E-state index is -0.570. The highest BCUT2D eigenvalue weighted by molar-refractivity contribution is 5.93. The number of nitrogens with zero attached hydrogens (tertiary/aromatic N) is 1. The Hall–Kier alpha value is -2.82. The van der Waals surface area contributed by atoms with Crippen LogP contribution in [0.1, 0.15) is 23.6 Å². The first kappa shape index (κ1) is 16.1. The van der Waals surface area contributed by atoms with Gasteiger partial charge in [-0.05, 0) is 29.7 Å². The minimum Gasteiger partial charge on any atom is -0.497 e. The van der Waals surface area contributed by atoms with Crippen molar-refractivity contribution in [2.24, 2.45) is 0 Å². The Bertz CT molecular complexity index is 729. The average Bonchev–Trinajstić information content (AvgIpc) is 3.02. The van der Waals surface area contributed by atoms with E-state index in [0.29, 0.717) is 6.42 Å². The van der Waals surface area contributed by atoms with Crippen molar-refractivity contribution in [3.05, 3.63) is 65.7 Å². The van der Waals surface area contributed by atoms with Crippen LogP contribution >= 0.6 is 0 Å². The number of imide groups is 1. The van der Waals surface area contributed by atoms with Gasteiger partial charge in [-0.25, -0.2) is 9.69 Å². The lowest BCUT2D eigenvalue weighted by Gasteiger charge is -2.20. The molecular formula is C19H19NO4. The molecule has 1 saturated heterocycles. The fourth-order valence-corrected chi connectivity index (χ4v) is 2.82. The number of carbonyl (C=O) groups is 2. The summed E-state index contributed by atoms with van der Waals surface area (Å²) in [5, 5.41) is 0. The van der Waals surface area contributed by atoms with E-state index in [1.807, 2.05) is 54.6 Å². The maximum Gasteiger partial charge on any atom is 0.417 e. The van der Waals surface area contributed by atoms with Crippen LogP contribution in [0.25, 0.3) is 0 Å². The molecule has 0 saturated carbocycles. The summed E-state index contributed by atoms with van der Waals surface area (Å²) in [6, 6.07) is 16.7. The Kier molecular flexibility index (Phi) is 4.79. The van der Waals surface area contributed by atoms with Gasteiger partial charge in [0.2, 0.25) is 5.91 Å². The lowest BCUT2D eigenvalue weighted by Crippen LogP contribution is -2.34. The normalized spacial score (nSPS) is 16.8. The van der Waals surface area contributed by atoms with Crippen LogP contribution < -0.4 is 4.74 Å². The van der Waals surface area contributed by atoms with Crippen LogP contribution in [0, 0.1) is 0 Å². The van der Waals surface area contributed by atoms with Crippen LogP contribution in [0.15, 0.2) is 54.6 Å². The number of amides is 2. The van der Waals surface area contributed by atoms with E-state index >= 15 is 0 Å². The maximum absolute atomic E-state index is 12.6. The van der Waals surface area contributed by atoms with Crippen molar-refractivity contribution >= 4 is 12.0 Å². The standard InChI is InChI=1S/C19H19NO4/c1-23-16-9-5-6-14(12-16)10-11-18(21)20-17(13-24-19(20)22)15-7-3-2-4-8-15/h2-9,12,17H,10-11,13H2,1H3. The van der Waals surface area contributed by atoms with Crippen LogP contribution in [0.3, 0.4) is 0 Å². The Morgan fingerprint density at radius 2 is 2.00 bits per heavy atom. The molecule has 1 heterocycles. The molecule has 0 N–H and O–H groups in total. The van der Waals surface area contributed by atoms with Gasteiger partial charge < -0.3 is 9.47 Å². The highest BCUT2D eigenvalue weighted by Crippen LogP contribution is 2.28. The zero-order valence-corrected chi connectivity index (χ0v) is 13.5. The minimum absolute atomic E-state index is 0.202. The Morgan fingerprint density at radius 1 is 1.21 bits per heavy atom. The zero-order valence-electron chi connectivity index (χ0n) is 13.5. The number of aryl methyl sites for hydroxylation is 1. The molecule has 1 aliphatic heterocycles. The number of cyclic esters (lactones) is 1. The fraction of sp³-hybridized carbons (Fsp3) is 0.263. The molecule has 1 fully saturated rings. The van der Waals surface area contributed by atoms with Crippen LogP contribution in [0.4, 0.5) is 4.79 Å². The Labute approximate surface area is 140 Å². The average molecular weight is 325 g/mol. The molecule has 0 radical (unpaired) electrons. The van der Waals surface area contributed by atoms with Crippen molar-refractivity contribution in [3.63, 3.8) is 0 Å². The second-order valence-electron chi connectivity index (χ2n) is 5.62. The molecular weight excluding hydrogens is 306 g/mol. The SMILES string of the molecule is COc1cccc(CCC(=O)N2C(=O)OCC2c2ccccc2)c1. The molecule has 1 aliphatic rings. The van der Waals surface area contributed by atoms with Gasteiger partial charge in [-0.2, -0.15) is 0 Å². The maximum atomic E-state index is 12.6. The smallest absolute Gasteiger partial charge is 0.417 e. The zero-order chi connectivity index (χ0) is 16.9. The van der Waals surface area contributed by atoms with Crippen molar-refractivity contribution in [2.45, 2.75) is 18.9 Å².